The smallest absolute Gasteiger partial charge is 0.0646 e. The number of nitrogens with zero attached hydrogens (tertiary/aromatic N) is 2. The molecule has 3 heteroatoms. The van der Waals surface area contributed by atoms with E-state index in [9.17, 15) is 0 Å². The van der Waals surface area contributed by atoms with E-state index in [0.717, 1.165) is 18.5 Å². The Morgan fingerprint density at radius 3 is 2.93 bits per heavy atom. The van der Waals surface area contributed by atoms with E-state index >= 15 is 0 Å². The maximum atomic E-state index is 4.21. The second-order valence-corrected chi connectivity index (χ2v) is 3.46. The highest BCUT2D eigenvalue weighted by Crippen LogP contribution is 2.03. The molecular weight excluding hydrogens is 174 g/mol. The summed E-state index contributed by atoms with van der Waals surface area (Å²) in [7, 11) is 1.93. The Morgan fingerprint density at radius 1 is 1.57 bits per heavy atom. The molecule has 0 aliphatic rings. The van der Waals surface area contributed by atoms with Gasteiger partial charge >= 0.3 is 0 Å². The molecule has 0 saturated heterocycles. The van der Waals surface area contributed by atoms with E-state index in [4.69, 9.17) is 0 Å². The monoisotopic (exact) mass is 191 g/mol. The van der Waals surface area contributed by atoms with Gasteiger partial charge < -0.3 is 5.32 Å². The Balaban J connectivity index is 2.53. The minimum Gasteiger partial charge on any atom is -0.319 e. The largest absolute Gasteiger partial charge is 0.319 e. The highest BCUT2D eigenvalue weighted by Gasteiger charge is 1.98. The van der Waals surface area contributed by atoms with Crippen molar-refractivity contribution < 1.29 is 0 Å². The number of hydrogen-bond donors (Lipinski definition) is 1. The Labute approximate surface area is 85.5 Å². The maximum absolute atomic E-state index is 4.21. The van der Waals surface area contributed by atoms with Gasteiger partial charge in [0.2, 0.25) is 0 Å². The molecule has 14 heavy (non-hydrogen) atoms. The molecule has 0 unspecified atom stereocenters. The number of nitrogens with one attached hydrogen (secondary N) is 1. The van der Waals surface area contributed by atoms with Gasteiger partial charge in [-0.1, -0.05) is 11.8 Å². The Kier molecular flexibility index (Phi) is 4.21. The summed E-state index contributed by atoms with van der Waals surface area (Å²) in [6.07, 6.45) is 4.67. The van der Waals surface area contributed by atoms with E-state index in [1.54, 1.807) is 0 Å². The zero-order chi connectivity index (χ0) is 10.4. The molecule has 1 N–H and O–H groups in total. The summed E-state index contributed by atoms with van der Waals surface area (Å²) in [5, 5.41) is 7.27. The molecule has 0 bridgehead atoms. The molecular formula is C11H17N3. The van der Waals surface area contributed by atoms with Crippen molar-refractivity contribution in [3.05, 3.63) is 18.0 Å². The van der Waals surface area contributed by atoms with Crippen LogP contribution in [-0.4, -0.2) is 23.4 Å². The van der Waals surface area contributed by atoms with E-state index < -0.39 is 0 Å². The first-order valence-corrected chi connectivity index (χ1v) is 4.91. The van der Waals surface area contributed by atoms with Crippen LogP contribution in [0.5, 0.6) is 0 Å². The minimum atomic E-state index is 0.405. The number of rotatable bonds is 3. The zero-order valence-corrected chi connectivity index (χ0v) is 9.04. The lowest BCUT2D eigenvalue weighted by atomic mass is 10.3. The highest BCUT2D eigenvalue weighted by atomic mass is 15.3. The SMILES string of the molecule is CNCCC#Cc1cnn(C(C)C)c1. The lowest BCUT2D eigenvalue weighted by Gasteiger charge is -2.02. The molecule has 0 radical (unpaired) electrons. The third kappa shape index (κ3) is 3.23. The molecule has 0 saturated carbocycles. The predicted octanol–water partition coefficient (Wildman–Crippen LogP) is 1.42. The van der Waals surface area contributed by atoms with E-state index in [1.807, 2.05) is 24.1 Å². The zero-order valence-electron chi connectivity index (χ0n) is 9.04. The molecule has 0 spiro atoms. The van der Waals surface area contributed by atoms with Gasteiger partial charge in [0.25, 0.3) is 0 Å². The molecule has 1 aromatic heterocycles. The van der Waals surface area contributed by atoms with Crippen molar-refractivity contribution in [2.24, 2.45) is 0 Å². The van der Waals surface area contributed by atoms with Crippen LogP contribution in [0.2, 0.25) is 0 Å². The second kappa shape index (κ2) is 5.46. The summed E-state index contributed by atoms with van der Waals surface area (Å²) in [4.78, 5) is 0. The molecule has 76 valence electrons. The molecule has 0 fully saturated rings. The van der Waals surface area contributed by atoms with Crippen LogP contribution >= 0.6 is 0 Å². The van der Waals surface area contributed by atoms with Crippen molar-refractivity contribution in [3.8, 4) is 11.8 Å². The van der Waals surface area contributed by atoms with Gasteiger partial charge in [0.05, 0.1) is 11.8 Å². The summed E-state index contributed by atoms with van der Waals surface area (Å²) < 4.78 is 1.92. The molecule has 3 nitrogen and oxygen atoms in total. The molecule has 1 aromatic rings. The fourth-order valence-corrected chi connectivity index (χ4v) is 1.04. The van der Waals surface area contributed by atoms with E-state index in [-0.39, 0.29) is 0 Å². The van der Waals surface area contributed by atoms with Crippen molar-refractivity contribution in [2.75, 3.05) is 13.6 Å². The van der Waals surface area contributed by atoms with Crippen molar-refractivity contribution in [1.29, 1.82) is 0 Å². The van der Waals surface area contributed by atoms with Gasteiger partial charge in [-0.05, 0) is 20.9 Å². The molecule has 1 heterocycles. The average molecular weight is 191 g/mol. The summed E-state index contributed by atoms with van der Waals surface area (Å²) in [5.74, 6) is 6.17. The third-order valence-electron chi connectivity index (χ3n) is 1.86. The van der Waals surface area contributed by atoms with Gasteiger partial charge in [-0.25, -0.2) is 0 Å². The normalized spacial score (nSPS) is 10.0. The maximum Gasteiger partial charge on any atom is 0.0646 e. The van der Waals surface area contributed by atoms with Crippen LogP contribution in [0.25, 0.3) is 0 Å². The molecule has 0 aliphatic carbocycles. The second-order valence-electron chi connectivity index (χ2n) is 3.46. The van der Waals surface area contributed by atoms with Crippen LogP contribution in [0.3, 0.4) is 0 Å². The topological polar surface area (TPSA) is 29.9 Å². The Bertz CT molecular complexity index is 328. The standard InChI is InChI=1S/C11H17N3/c1-10(2)14-9-11(8-13-14)6-4-5-7-12-3/h8-10,12H,5,7H2,1-3H3. The first-order chi connectivity index (χ1) is 6.74. The van der Waals surface area contributed by atoms with Crippen LogP contribution in [0.4, 0.5) is 0 Å². The molecule has 0 aromatic carbocycles. The van der Waals surface area contributed by atoms with E-state index in [1.165, 1.54) is 0 Å². The lowest BCUT2D eigenvalue weighted by molar-refractivity contribution is 0.532. The number of aromatic nitrogens is 2. The molecule has 0 amide bonds. The predicted molar refractivity (Wildman–Crippen MR) is 58.0 cm³/mol. The third-order valence-corrected chi connectivity index (χ3v) is 1.86. The van der Waals surface area contributed by atoms with Crippen LogP contribution < -0.4 is 5.32 Å². The van der Waals surface area contributed by atoms with Gasteiger partial charge in [-0.15, -0.1) is 0 Å². The summed E-state index contributed by atoms with van der Waals surface area (Å²) in [5.41, 5.74) is 0.995. The van der Waals surface area contributed by atoms with Crippen LogP contribution in [0, 0.1) is 11.8 Å². The summed E-state index contributed by atoms with van der Waals surface area (Å²) >= 11 is 0. The molecule has 0 aliphatic heterocycles. The van der Waals surface area contributed by atoms with Crippen LogP contribution in [0.1, 0.15) is 31.9 Å². The average Bonchev–Trinajstić information content (AvgIpc) is 2.61. The fraction of sp³-hybridized carbons (Fsp3) is 0.545. The highest BCUT2D eigenvalue weighted by molar-refractivity contribution is 5.29. The fourth-order valence-electron chi connectivity index (χ4n) is 1.04. The molecule has 0 atom stereocenters. The van der Waals surface area contributed by atoms with Crippen molar-refractivity contribution in [2.45, 2.75) is 26.3 Å². The minimum absolute atomic E-state index is 0.405. The summed E-state index contributed by atoms with van der Waals surface area (Å²) in [6, 6.07) is 0.405. The first kappa shape index (κ1) is 10.8. The van der Waals surface area contributed by atoms with Crippen molar-refractivity contribution >= 4 is 0 Å². The first-order valence-electron chi connectivity index (χ1n) is 4.91. The van der Waals surface area contributed by atoms with Crippen LogP contribution in [-0.2, 0) is 0 Å². The van der Waals surface area contributed by atoms with Crippen molar-refractivity contribution in [3.63, 3.8) is 0 Å². The Hall–Kier alpha value is -1.27. The molecule has 1 rings (SSSR count). The van der Waals surface area contributed by atoms with Gasteiger partial charge in [-0.2, -0.15) is 5.10 Å². The van der Waals surface area contributed by atoms with Gasteiger partial charge in [0.15, 0.2) is 0 Å². The van der Waals surface area contributed by atoms with Gasteiger partial charge in [-0.3, -0.25) is 4.68 Å². The summed E-state index contributed by atoms with van der Waals surface area (Å²) in [6.45, 7) is 5.14. The lowest BCUT2D eigenvalue weighted by Crippen LogP contribution is -2.05. The Morgan fingerprint density at radius 2 is 2.36 bits per heavy atom. The van der Waals surface area contributed by atoms with Crippen LogP contribution in [0.15, 0.2) is 12.4 Å². The van der Waals surface area contributed by atoms with E-state index in [0.29, 0.717) is 6.04 Å². The van der Waals surface area contributed by atoms with Crippen molar-refractivity contribution in [1.82, 2.24) is 15.1 Å². The number of hydrogen-bond acceptors (Lipinski definition) is 2. The quantitative estimate of drug-likeness (QED) is 0.578. The van der Waals surface area contributed by atoms with E-state index in [2.05, 4.69) is 36.1 Å². The van der Waals surface area contributed by atoms with Gasteiger partial charge in [0.1, 0.15) is 0 Å². The van der Waals surface area contributed by atoms with Gasteiger partial charge in [0, 0.05) is 25.2 Å².